The van der Waals surface area contributed by atoms with E-state index in [4.69, 9.17) is 4.74 Å². The lowest BCUT2D eigenvalue weighted by Gasteiger charge is -2.08. The highest BCUT2D eigenvalue weighted by molar-refractivity contribution is 5.20. The van der Waals surface area contributed by atoms with Crippen molar-refractivity contribution in [2.24, 2.45) is 7.05 Å². The molecule has 74 valence electrons. The van der Waals surface area contributed by atoms with E-state index in [2.05, 4.69) is 18.9 Å². The van der Waals surface area contributed by atoms with E-state index in [0.717, 1.165) is 6.61 Å². The second-order valence-corrected chi connectivity index (χ2v) is 3.46. The molecule has 3 heteroatoms. The van der Waals surface area contributed by atoms with Crippen LogP contribution in [0.4, 0.5) is 0 Å². The average molecular weight is 182 g/mol. The van der Waals surface area contributed by atoms with Gasteiger partial charge in [0.2, 0.25) is 0 Å². The number of rotatable bonds is 4. The summed E-state index contributed by atoms with van der Waals surface area (Å²) in [6, 6.07) is 0. The molecule has 0 aliphatic carbocycles. The van der Waals surface area contributed by atoms with Gasteiger partial charge < -0.3 is 4.74 Å². The third-order valence-corrected chi connectivity index (χ3v) is 2.16. The Bertz CT molecular complexity index is 266. The van der Waals surface area contributed by atoms with E-state index >= 15 is 0 Å². The van der Waals surface area contributed by atoms with Crippen molar-refractivity contribution in [1.82, 2.24) is 9.78 Å². The van der Waals surface area contributed by atoms with Gasteiger partial charge in [-0.1, -0.05) is 13.8 Å². The van der Waals surface area contributed by atoms with Gasteiger partial charge in [-0.2, -0.15) is 5.10 Å². The summed E-state index contributed by atoms with van der Waals surface area (Å²) >= 11 is 0. The summed E-state index contributed by atoms with van der Waals surface area (Å²) in [6.07, 6.45) is 1.93. The van der Waals surface area contributed by atoms with Crippen molar-refractivity contribution in [3.63, 3.8) is 0 Å². The monoisotopic (exact) mass is 182 g/mol. The Morgan fingerprint density at radius 3 is 2.77 bits per heavy atom. The van der Waals surface area contributed by atoms with E-state index in [1.54, 1.807) is 0 Å². The van der Waals surface area contributed by atoms with Crippen molar-refractivity contribution in [3.8, 4) is 0 Å². The van der Waals surface area contributed by atoms with Gasteiger partial charge in [-0.15, -0.1) is 0 Å². The van der Waals surface area contributed by atoms with Gasteiger partial charge in [0.25, 0.3) is 0 Å². The Hall–Kier alpha value is -0.830. The third-order valence-electron chi connectivity index (χ3n) is 2.16. The first kappa shape index (κ1) is 10.3. The lowest BCUT2D eigenvalue weighted by molar-refractivity contribution is 0.127. The van der Waals surface area contributed by atoms with Crippen molar-refractivity contribution in [1.29, 1.82) is 0 Å². The molecule has 0 atom stereocenters. The molecule has 0 N–H and O–H groups in total. The van der Waals surface area contributed by atoms with Gasteiger partial charge in [0, 0.05) is 13.7 Å². The van der Waals surface area contributed by atoms with Crippen LogP contribution < -0.4 is 0 Å². The van der Waals surface area contributed by atoms with Gasteiger partial charge in [-0.25, -0.2) is 0 Å². The fourth-order valence-corrected chi connectivity index (χ4v) is 1.34. The van der Waals surface area contributed by atoms with Gasteiger partial charge >= 0.3 is 0 Å². The Kier molecular flexibility index (Phi) is 3.48. The Labute approximate surface area is 79.7 Å². The van der Waals surface area contributed by atoms with Crippen LogP contribution in [0.2, 0.25) is 0 Å². The summed E-state index contributed by atoms with van der Waals surface area (Å²) < 4.78 is 7.28. The molecule has 0 amide bonds. The molecule has 0 aliphatic heterocycles. The zero-order valence-electron chi connectivity index (χ0n) is 8.87. The highest BCUT2D eigenvalue weighted by Crippen LogP contribution is 2.18. The molecule has 0 spiro atoms. The molecule has 0 radical (unpaired) electrons. The number of aromatic nitrogens is 2. The summed E-state index contributed by atoms with van der Waals surface area (Å²) in [5.74, 6) is 0.518. The molecule has 0 fully saturated rings. The van der Waals surface area contributed by atoms with Crippen LogP contribution in [0.1, 0.15) is 37.9 Å². The zero-order valence-corrected chi connectivity index (χ0v) is 8.87. The summed E-state index contributed by atoms with van der Waals surface area (Å²) in [5.41, 5.74) is 2.48. The van der Waals surface area contributed by atoms with E-state index in [0.29, 0.717) is 12.5 Å². The van der Waals surface area contributed by atoms with Gasteiger partial charge in [-0.05, 0) is 18.4 Å². The lowest BCUT2D eigenvalue weighted by Crippen LogP contribution is -2.04. The molecule has 13 heavy (non-hydrogen) atoms. The molecule has 0 aromatic carbocycles. The topological polar surface area (TPSA) is 27.1 Å². The Balaban J connectivity index is 2.82. The van der Waals surface area contributed by atoms with E-state index in [1.165, 1.54) is 11.3 Å². The number of nitrogens with zero attached hydrogens (tertiary/aromatic N) is 2. The fourth-order valence-electron chi connectivity index (χ4n) is 1.34. The van der Waals surface area contributed by atoms with Crippen LogP contribution in [0.3, 0.4) is 0 Å². The molecule has 0 saturated heterocycles. The van der Waals surface area contributed by atoms with Crippen LogP contribution in [0.15, 0.2) is 6.20 Å². The van der Waals surface area contributed by atoms with Crippen LogP contribution in [-0.4, -0.2) is 16.4 Å². The first-order valence-corrected chi connectivity index (χ1v) is 4.75. The first-order valence-electron chi connectivity index (χ1n) is 4.75. The molecule has 0 unspecified atom stereocenters. The molecule has 3 nitrogen and oxygen atoms in total. The van der Waals surface area contributed by atoms with Crippen molar-refractivity contribution < 1.29 is 4.74 Å². The van der Waals surface area contributed by atoms with Crippen molar-refractivity contribution in [3.05, 3.63) is 17.5 Å². The molecule has 1 heterocycles. The maximum absolute atomic E-state index is 5.39. The molecular formula is C10H18N2O. The molecule has 1 aromatic rings. The number of aryl methyl sites for hydroxylation is 1. The minimum Gasteiger partial charge on any atom is -0.375 e. The van der Waals surface area contributed by atoms with Gasteiger partial charge in [-0.3, -0.25) is 4.68 Å². The minimum absolute atomic E-state index is 0.518. The first-order chi connectivity index (χ1) is 6.16. The summed E-state index contributed by atoms with van der Waals surface area (Å²) in [4.78, 5) is 0. The van der Waals surface area contributed by atoms with Gasteiger partial charge in [0.1, 0.15) is 0 Å². The quantitative estimate of drug-likeness (QED) is 0.713. The molecule has 0 bridgehead atoms. The van der Waals surface area contributed by atoms with Crippen molar-refractivity contribution in [2.45, 2.75) is 33.3 Å². The van der Waals surface area contributed by atoms with Crippen LogP contribution in [0, 0.1) is 0 Å². The normalized spacial score (nSPS) is 11.2. The Morgan fingerprint density at radius 2 is 2.23 bits per heavy atom. The van der Waals surface area contributed by atoms with E-state index < -0.39 is 0 Å². The predicted octanol–water partition coefficient (Wildman–Crippen LogP) is 2.08. The number of hydrogen-bond donors (Lipinski definition) is 0. The molecule has 1 aromatic heterocycles. The Morgan fingerprint density at radius 1 is 1.54 bits per heavy atom. The fraction of sp³-hybridized carbons (Fsp3) is 0.700. The number of hydrogen-bond acceptors (Lipinski definition) is 2. The summed E-state index contributed by atoms with van der Waals surface area (Å²) in [7, 11) is 1.96. The van der Waals surface area contributed by atoms with Gasteiger partial charge in [0.15, 0.2) is 0 Å². The van der Waals surface area contributed by atoms with Crippen molar-refractivity contribution >= 4 is 0 Å². The van der Waals surface area contributed by atoms with Crippen LogP contribution in [0.25, 0.3) is 0 Å². The predicted molar refractivity (Wildman–Crippen MR) is 52.6 cm³/mol. The number of ether oxygens (including phenoxy) is 1. The molecule has 0 aliphatic rings. The lowest BCUT2D eigenvalue weighted by atomic mass is 10.0. The summed E-state index contributed by atoms with van der Waals surface area (Å²) in [5, 5.41) is 4.23. The standard InChI is InChI=1S/C10H18N2O/c1-5-13-7-10-9(8(2)3)6-11-12(10)4/h6,8H,5,7H2,1-4H3. The molecule has 1 rings (SSSR count). The van der Waals surface area contributed by atoms with E-state index in [-0.39, 0.29) is 0 Å². The second-order valence-electron chi connectivity index (χ2n) is 3.46. The SMILES string of the molecule is CCOCc1c(C(C)C)cnn1C. The largest absolute Gasteiger partial charge is 0.375 e. The highest BCUT2D eigenvalue weighted by Gasteiger charge is 2.10. The smallest absolute Gasteiger partial charge is 0.0887 e. The average Bonchev–Trinajstić information content (AvgIpc) is 2.43. The van der Waals surface area contributed by atoms with Crippen LogP contribution >= 0.6 is 0 Å². The second kappa shape index (κ2) is 4.42. The van der Waals surface area contributed by atoms with Gasteiger partial charge in [0.05, 0.1) is 18.5 Å². The van der Waals surface area contributed by atoms with Crippen LogP contribution in [-0.2, 0) is 18.4 Å². The summed E-state index contributed by atoms with van der Waals surface area (Å²) in [6.45, 7) is 7.77. The van der Waals surface area contributed by atoms with E-state index in [9.17, 15) is 0 Å². The minimum atomic E-state index is 0.518. The maximum atomic E-state index is 5.39. The van der Waals surface area contributed by atoms with Crippen LogP contribution in [0.5, 0.6) is 0 Å². The molecular weight excluding hydrogens is 164 g/mol. The van der Waals surface area contributed by atoms with E-state index in [1.807, 2.05) is 24.9 Å². The van der Waals surface area contributed by atoms with Crippen molar-refractivity contribution in [2.75, 3.05) is 6.61 Å². The maximum Gasteiger partial charge on any atom is 0.0887 e. The zero-order chi connectivity index (χ0) is 9.84. The molecule has 0 saturated carbocycles. The highest BCUT2D eigenvalue weighted by atomic mass is 16.5. The third kappa shape index (κ3) is 2.31.